The van der Waals surface area contributed by atoms with Crippen molar-refractivity contribution in [3.8, 4) is 0 Å². The summed E-state index contributed by atoms with van der Waals surface area (Å²) in [6, 6.07) is 8.59. The van der Waals surface area contributed by atoms with Crippen LogP contribution in [0.1, 0.15) is 30.1 Å². The van der Waals surface area contributed by atoms with Gasteiger partial charge in [0.1, 0.15) is 11.9 Å². The van der Waals surface area contributed by atoms with Crippen molar-refractivity contribution in [2.75, 3.05) is 0 Å². The monoisotopic (exact) mass is 206 g/mol. The Bertz CT molecular complexity index is 343. The van der Waals surface area contributed by atoms with Gasteiger partial charge in [-0.3, -0.25) is 4.79 Å². The first-order chi connectivity index (χ1) is 7.11. The number of benzene rings is 1. The molecule has 0 aliphatic rings. The molecule has 1 rings (SSSR count). The Labute approximate surface area is 88.7 Å². The van der Waals surface area contributed by atoms with E-state index in [-0.39, 0.29) is 24.4 Å². The first-order valence-electron chi connectivity index (χ1n) is 4.88. The number of aliphatic hydroxyl groups excluding tert-OH is 1. The van der Waals surface area contributed by atoms with Gasteiger partial charge in [-0.2, -0.15) is 0 Å². The van der Waals surface area contributed by atoms with Gasteiger partial charge in [0.15, 0.2) is 5.78 Å². The maximum absolute atomic E-state index is 11.6. The highest BCUT2D eigenvalue weighted by atomic mass is 16.3. The lowest BCUT2D eigenvalue weighted by Gasteiger charge is -2.07. The largest absolute Gasteiger partial charge is 0.385 e. The maximum atomic E-state index is 11.6. The maximum Gasteiger partial charge on any atom is 0.191 e. The molecular weight excluding hydrogens is 192 g/mol. The SMILES string of the molecule is CC(=O)CC[C@@H](O)C(=O)c1ccccc1. The average Bonchev–Trinajstić information content (AvgIpc) is 2.26. The molecule has 0 spiro atoms. The molecule has 15 heavy (non-hydrogen) atoms. The molecule has 0 aromatic heterocycles. The fraction of sp³-hybridized carbons (Fsp3) is 0.333. The predicted octanol–water partition coefficient (Wildman–Crippen LogP) is 1.60. The van der Waals surface area contributed by atoms with E-state index in [1.807, 2.05) is 0 Å². The second-order valence-corrected chi connectivity index (χ2v) is 3.49. The topological polar surface area (TPSA) is 54.4 Å². The number of hydrogen-bond donors (Lipinski definition) is 1. The van der Waals surface area contributed by atoms with Gasteiger partial charge >= 0.3 is 0 Å². The Morgan fingerprint density at radius 2 is 1.87 bits per heavy atom. The third kappa shape index (κ3) is 3.64. The molecule has 1 atom stereocenters. The van der Waals surface area contributed by atoms with Crippen LogP contribution in [0.4, 0.5) is 0 Å². The molecule has 0 saturated heterocycles. The number of hydrogen-bond acceptors (Lipinski definition) is 3. The summed E-state index contributed by atoms with van der Waals surface area (Å²) in [6.45, 7) is 1.44. The van der Waals surface area contributed by atoms with Crippen LogP contribution in [0, 0.1) is 0 Å². The second kappa shape index (κ2) is 5.41. The number of carbonyl (C=O) groups excluding carboxylic acids is 2. The number of aliphatic hydroxyl groups is 1. The summed E-state index contributed by atoms with van der Waals surface area (Å²) in [7, 11) is 0. The zero-order valence-electron chi connectivity index (χ0n) is 8.64. The minimum Gasteiger partial charge on any atom is -0.385 e. The van der Waals surface area contributed by atoms with E-state index in [2.05, 4.69) is 0 Å². The van der Waals surface area contributed by atoms with E-state index in [0.29, 0.717) is 5.56 Å². The van der Waals surface area contributed by atoms with Crippen LogP contribution in [-0.2, 0) is 4.79 Å². The van der Waals surface area contributed by atoms with Gasteiger partial charge in [-0.15, -0.1) is 0 Å². The van der Waals surface area contributed by atoms with Gasteiger partial charge in [-0.05, 0) is 13.3 Å². The Morgan fingerprint density at radius 1 is 1.27 bits per heavy atom. The van der Waals surface area contributed by atoms with Crippen LogP contribution in [0.2, 0.25) is 0 Å². The quantitative estimate of drug-likeness (QED) is 0.744. The summed E-state index contributed by atoms with van der Waals surface area (Å²) in [5.74, 6) is -0.341. The zero-order valence-corrected chi connectivity index (χ0v) is 8.64. The molecule has 0 unspecified atom stereocenters. The van der Waals surface area contributed by atoms with Crippen molar-refractivity contribution in [3.05, 3.63) is 35.9 Å². The van der Waals surface area contributed by atoms with Crippen molar-refractivity contribution in [1.82, 2.24) is 0 Å². The van der Waals surface area contributed by atoms with Gasteiger partial charge in [-0.25, -0.2) is 0 Å². The molecule has 80 valence electrons. The molecule has 1 N–H and O–H groups in total. The number of ketones is 2. The Kier molecular flexibility index (Phi) is 4.18. The standard InChI is InChI=1S/C12H14O3/c1-9(13)7-8-11(14)12(15)10-5-3-2-4-6-10/h2-6,11,14H,7-8H2,1H3/t11-/m1/s1. The van der Waals surface area contributed by atoms with Gasteiger partial charge in [0.25, 0.3) is 0 Å². The van der Waals surface area contributed by atoms with Crippen LogP contribution in [0.15, 0.2) is 30.3 Å². The van der Waals surface area contributed by atoms with Crippen LogP contribution < -0.4 is 0 Å². The summed E-state index contributed by atoms with van der Waals surface area (Å²) in [5, 5.41) is 9.52. The molecule has 1 aromatic rings. The van der Waals surface area contributed by atoms with Crippen LogP contribution in [-0.4, -0.2) is 22.8 Å². The molecule has 0 radical (unpaired) electrons. The first-order valence-corrected chi connectivity index (χ1v) is 4.88. The first kappa shape index (κ1) is 11.6. The van der Waals surface area contributed by atoms with Crippen molar-refractivity contribution in [3.63, 3.8) is 0 Å². The van der Waals surface area contributed by atoms with Gasteiger partial charge in [0, 0.05) is 12.0 Å². The van der Waals surface area contributed by atoms with E-state index in [4.69, 9.17) is 0 Å². The Morgan fingerprint density at radius 3 is 2.40 bits per heavy atom. The molecular formula is C12H14O3. The van der Waals surface area contributed by atoms with E-state index >= 15 is 0 Å². The van der Waals surface area contributed by atoms with Gasteiger partial charge in [0.2, 0.25) is 0 Å². The third-order valence-electron chi connectivity index (χ3n) is 2.13. The molecule has 0 bridgehead atoms. The lowest BCUT2D eigenvalue weighted by molar-refractivity contribution is -0.117. The highest BCUT2D eigenvalue weighted by Crippen LogP contribution is 2.07. The van der Waals surface area contributed by atoms with E-state index < -0.39 is 6.10 Å². The van der Waals surface area contributed by atoms with Crippen LogP contribution in [0.5, 0.6) is 0 Å². The van der Waals surface area contributed by atoms with E-state index in [0.717, 1.165) is 0 Å². The lowest BCUT2D eigenvalue weighted by atomic mass is 10.0. The van der Waals surface area contributed by atoms with Crippen LogP contribution in [0.25, 0.3) is 0 Å². The van der Waals surface area contributed by atoms with Gasteiger partial charge in [0.05, 0.1) is 0 Å². The third-order valence-corrected chi connectivity index (χ3v) is 2.13. The van der Waals surface area contributed by atoms with Crippen molar-refractivity contribution < 1.29 is 14.7 Å². The summed E-state index contributed by atoms with van der Waals surface area (Å²) in [6.07, 6.45) is -0.640. The smallest absolute Gasteiger partial charge is 0.191 e. The minimum absolute atomic E-state index is 0.0186. The summed E-state index contributed by atoms with van der Waals surface area (Å²) < 4.78 is 0. The van der Waals surface area contributed by atoms with Crippen LogP contribution in [0.3, 0.4) is 0 Å². The van der Waals surface area contributed by atoms with Gasteiger partial charge < -0.3 is 9.90 Å². The molecule has 0 amide bonds. The highest BCUT2D eigenvalue weighted by molar-refractivity contribution is 5.99. The fourth-order valence-corrected chi connectivity index (χ4v) is 1.27. The van der Waals surface area contributed by atoms with E-state index in [9.17, 15) is 14.7 Å². The van der Waals surface area contributed by atoms with Crippen LogP contribution >= 0.6 is 0 Å². The summed E-state index contributed by atoms with van der Waals surface area (Å²) in [5.41, 5.74) is 0.480. The van der Waals surface area contributed by atoms with Crippen molar-refractivity contribution in [2.24, 2.45) is 0 Å². The summed E-state index contributed by atoms with van der Waals surface area (Å²) in [4.78, 5) is 22.3. The van der Waals surface area contributed by atoms with Crippen molar-refractivity contribution in [1.29, 1.82) is 0 Å². The molecule has 0 aliphatic heterocycles. The average molecular weight is 206 g/mol. The molecule has 0 heterocycles. The number of carbonyl (C=O) groups is 2. The van der Waals surface area contributed by atoms with E-state index in [1.165, 1.54) is 6.92 Å². The summed E-state index contributed by atoms with van der Waals surface area (Å²) >= 11 is 0. The number of Topliss-reactive ketones (excluding diaryl/α,β-unsaturated/α-hetero) is 2. The number of rotatable bonds is 5. The second-order valence-electron chi connectivity index (χ2n) is 3.49. The molecule has 1 aromatic carbocycles. The predicted molar refractivity (Wildman–Crippen MR) is 56.7 cm³/mol. The Balaban J connectivity index is 2.57. The van der Waals surface area contributed by atoms with Gasteiger partial charge in [-0.1, -0.05) is 30.3 Å². The fourth-order valence-electron chi connectivity index (χ4n) is 1.27. The molecule has 0 saturated carbocycles. The molecule has 3 heteroatoms. The van der Waals surface area contributed by atoms with E-state index in [1.54, 1.807) is 30.3 Å². The zero-order chi connectivity index (χ0) is 11.3. The normalized spacial score (nSPS) is 12.1. The molecule has 3 nitrogen and oxygen atoms in total. The van der Waals surface area contributed by atoms with Crippen molar-refractivity contribution >= 4 is 11.6 Å². The minimum atomic E-state index is -1.07. The Hall–Kier alpha value is -1.48. The lowest BCUT2D eigenvalue weighted by Crippen LogP contribution is -2.21. The molecule has 0 fully saturated rings. The van der Waals surface area contributed by atoms with Crippen molar-refractivity contribution in [2.45, 2.75) is 25.9 Å². The highest BCUT2D eigenvalue weighted by Gasteiger charge is 2.16. The molecule has 0 aliphatic carbocycles.